The van der Waals surface area contributed by atoms with Crippen molar-refractivity contribution >= 4 is 34.2 Å². The Kier molecular flexibility index (Phi) is 7.33. The number of halogens is 1. The molecule has 0 saturated carbocycles. The van der Waals surface area contributed by atoms with Gasteiger partial charge >= 0.3 is 6.09 Å². The molecule has 2 aromatic carbocycles. The molecule has 0 aliphatic carbocycles. The average Bonchev–Trinajstić information content (AvgIpc) is 3.47. The lowest BCUT2D eigenvalue weighted by Gasteiger charge is -2.24. The maximum atomic E-state index is 14.1. The number of carbonyl (C=O) groups excluding carboxylic acids is 1. The Hall–Kier alpha value is -4.61. The molecular weight excluding hydrogens is 529 g/mol. The van der Waals surface area contributed by atoms with Gasteiger partial charge in [-0.05, 0) is 64.4 Å². The SMILES string of the molecule is COc1ccc(F)cc1-n1nccc(Nc2ccc3c(nc(C)n3C)c2N2CC[C@H](NC(=O)OC(C)(C)C)C2)c1=O. The van der Waals surface area contributed by atoms with Gasteiger partial charge in [0.15, 0.2) is 0 Å². The minimum atomic E-state index is -0.594. The molecule has 216 valence electrons. The molecule has 3 heterocycles. The number of hydrogen-bond acceptors (Lipinski definition) is 8. The quantitative estimate of drug-likeness (QED) is 0.354. The van der Waals surface area contributed by atoms with E-state index in [0.717, 1.165) is 27.2 Å². The number of nitrogens with zero attached hydrogens (tertiary/aromatic N) is 5. The normalized spacial score (nSPS) is 15.3. The summed E-state index contributed by atoms with van der Waals surface area (Å²) in [5.74, 6) is 0.630. The number of carbonyl (C=O) groups is 1. The van der Waals surface area contributed by atoms with Gasteiger partial charge in [0.25, 0.3) is 5.56 Å². The van der Waals surface area contributed by atoms with Crippen LogP contribution in [0.5, 0.6) is 5.75 Å². The van der Waals surface area contributed by atoms with Crippen molar-refractivity contribution in [3.63, 3.8) is 0 Å². The lowest BCUT2D eigenvalue weighted by molar-refractivity contribution is 0.0509. The third kappa shape index (κ3) is 5.67. The molecule has 4 aromatic rings. The van der Waals surface area contributed by atoms with E-state index in [1.165, 1.54) is 31.5 Å². The van der Waals surface area contributed by atoms with Gasteiger partial charge in [-0.3, -0.25) is 4.79 Å². The van der Waals surface area contributed by atoms with Gasteiger partial charge in [0.2, 0.25) is 0 Å². The predicted octanol–water partition coefficient (Wildman–Crippen LogP) is 4.42. The van der Waals surface area contributed by atoms with E-state index < -0.39 is 23.1 Å². The van der Waals surface area contributed by atoms with Crippen LogP contribution >= 0.6 is 0 Å². The zero-order valence-electron chi connectivity index (χ0n) is 24.0. The molecule has 1 fully saturated rings. The van der Waals surface area contributed by atoms with Crippen LogP contribution < -0.4 is 25.8 Å². The zero-order valence-corrected chi connectivity index (χ0v) is 24.0. The van der Waals surface area contributed by atoms with Gasteiger partial charge in [-0.2, -0.15) is 9.78 Å². The smallest absolute Gasteiger partial charge is 0.407 e. The third-order valence-corrected chi connectivity index (χ3v) is 6.96. The molecule has 5 rings (SSSR count). The molecule has 1 atom stereocenters. The number of imidazole rings is 1. The maximum Gasteiger partial charge on any atom is 0.407 e. The monoisotopic (exact) mass is 563 g/mol. The second kappa shape index (κ2) is 10.8. The fourth-order valence-corrected chi connectivity index (χ4v) is 4.99. The highest BCUT2D eigenvalue weighted by atomic mass is 19.1. The molecule has 12 heteroatoms. The molecule has 1 amide bonds. The van der Waals surface area contributed by atoms with Crippen LogP contribution in [0, 0.1) is 12.7 Å². The molecule has 11 nitrogen and oxygen atoms in total. The van der Waals surface area contributed by atoms with Crippen molar-refractivity contribution in [1.29, 1.82) is 0 Å². The molecule has 0 radical (unpaired) electrons. The fourth-order valence-electron chi connectivity index (χ4n) is 4.99. The molecule has 1 saturated heterocycles. The molecule has 2 N–H and O–H groups in total. The summed E-state index contributed by atoms with van der Waals surface area (Å²) in [4.78, 5) is 33.0. The third-order valence-electron chi connectivity index (χ3n) is 6.96. The van der Waals surface area contributed by atoms with Gasteiger partial charge in [0.1, 0.15) is 39.9 Å². The Morgan fingerprint density at radius 1 is 1.15 bits per heavy atom. The summed E-state index contributed by atoms with van der Waals surface area (Å²) >= 11 is 0. The van der Waals surface area contributed by atoms with E-state index in [9.17, 15) is 14.0 Å². The zero-order chi connectivity index (χ0) is 29.5. The van der Waals surface area contributed by atoms with Crippen LogP contribution in [0.15, 0.2) is 47.4 Å². The summed E-state index contributed by atoms with van der Waals surface area (Å²) in [6.07, 6.45) is 1.72. The van der Waals surface area contributed by atoms with Gasteiger partial charge in [0, 0.05) is 26.2 Å². The largest absolute Gasteiger partial charge is 0.494 e. The number of aryl methyl sites for hydroxylation is 2. The summed E-state index contributed by atoms with van der Waals surface area (Å²) in [6.45, 7) is 8.60. The Labute approximate surface area is 236 Å². The molecule has 2 aromatic heterocycles. The molecule has 0 spiro atoms. The van der Waals surface area contributed by atoms with Crippen molar-refractivity contribution < 1.29 is 18.7 Å². The molecule has 0 unspecified atom stereocenters. The van der Waals surface area contributed by atoms with Crippen LogP contribution in [-0.2, 0) is 11.8 Å². The van der Waals surface area contributed by atoms with Gasteiger partial charge < -0.3 is 29.6 Å². The first kappa shape index (κ1) is 27.9. The van der Waals surface area contributed by atoms with Crippen LogP contribution in [0.4, 0.5) is 26.2 Å². The highest BCUT2D eigenvalue weighted by Gasteiger charge is 2.30. The highest BCUT2D eigenvalue weighted by Crippen LogP contribution is 2.37. The number of anilines is 3. The minimum Gasteiger partial charge on any atom is -0.494 e. The number of alkyl carbamates (subject to hydrolysis) is 1. The van der Waals surface area contributed by atoms with E-state index >= 15 is 0 Å². The average molecular weight is 564 g/mol. The number of ether oxygens (including phenoxy) is 2. The second-order valence-corrected chi connectivity index (χ2v) is 11.0. The topological polar surface area (TPSA) is 116 Å². The van der Waals surface area contributed by atoms with Gasteiger partial charge in [0.05, 0.1) is 36.2 Å². The first-order chi connectivity index (χ1) is 19.4. The van der Waals surface area contributed by atoms with Crippen molar-refractivity contribution in [2.45, 2.75) is 45.8 Å². The number of hydrogen-bond donors (Lipinski definition) is 2. The van der Waals surface area contributed by atoms with Crippen molar-refractivity contribution in [3.8, 4) is 11.4 Å². The van der Waals surface area contributed by atoms with Crippen LogP contribution in [0.1, 0.15) is 33.0 Å². The highest BCUT2D eigenvalue weighted by molar-refractivity contribution is 5.98. The van der Waals surface area contributed by atoms with E-state index in [0.29, 0.717) is 30.9 Å². The molecular formula is C29H34FN7O4. The van der Waals surface area contributed by atoms with Crippen LogP contribution in [-0.4, -0.2) is 57.3 Å². The summed E-state index contributed by atoms with van der Waals surface area (Å²) in [7, 11) is 3.40. The molecule has 0 bridgehead atoms. The fraction of sp³-hybridized carbons (Fsp3) is 0.379. The summed E-state index contributed by atoms with van der Waals surface area (Å²) in [6, 6.07) is 9.20. The number of fused-ring (bicyclic) bond motifs is 1. The molecule has 41 heavy (non-hydrogen) atoms. The maximum absolute atomic E-state index is 14.1. The first-order valence-electron chi connectivity index (χ1n) is 13.3. The Morgan fingerprint density at radius 3 is 2.66 bits per heavy atom. The number of benzene rings is 2. The predicted molar refractivity (Wildman–Crippen MR) is 155 cm³/mol. The summed E-state index contributed by atoms with van der Waals surface area (Å²) in [5.41, 5.74) is 2.53. The number of nitrogens with one attached hydrogen (secondary N) is 2. The Balaban J connectivity index is 1.51. The Bertz CT molecular complexity index is 1670. The second-order valence-electron chi connectivity index (χ2n) is 11.0. The standard InChI is InChI=1S/C29H34FN7O4/c1-17-32-25-22(35(17)5)9-8-20(26(25)36-14-12-19(16-36)33-28(39)41-29(2,3)4)34-21-11-13-31-37(27(21)38)23-15-18(30)7-10-24(23)40-6/h7-11,13,15,19,34H,12,14,16H2,1-6H3,(H,33,39)/t19-/m0/s1. The van der Waals surface area contributed by atoms with E-state index in [1.54, 1.807) is 6.07 Å². The van der Waals surface area contributed by atoms with E-state index in [-0.39, 0.29) is 17.4 Å². The summed E-state index contributed by atoms with van der Waals surface area (Å²) in [5, 5.41) is 10.4. The van der Waals surface area contributed by atoms with Crippen molar-refractivity contribution in [2.24, 2.45) is 7.05 Å². The lowest BCUT2D eigenvalue weighted by Crippen LogP contribution is -2.40. The number of aromatic nitrogens is 4. The van der Waals surface area contributed by atoms with E-state index in [4.69, 9.17) is 14.5 Å². The number of rotatable bonds is 6. The van der Waals surface area contributed by atoms with Gasteiger partial charge in [-0.15, -0.1) is 0 Å². The lowest BCUT2D eigenvalue weighted by atomic mass is 10.2. The van der Waals surface area contributed by atoms with Crippen molar-refractivity contribution in [3.05, 3.63) is 64.6 Å². The van der Waals surface area contributed by atoms with E-state index in [1.807, 2.05) is 51.4 Å². The van der Waals surface area contributed by atoms with Crippen molar-refractivity contribution in [2.75, 3.05) is 30.4 Å². The number of methoxy groups -OCH3 is 1. The molecule has 1 aliphatic heterocycles. The minimum absolute atomic E-state index is 0.128. The van der Waals surface area contributed by atoms with Crippen LogP contribution in [0.25, 0.3) is 16.7 Å². The van der Waals surface area contributed by atoms with Crippen LogP contribution in [0.2, 0.25) is 0 Å². The van der Waals surface area contributed by atoms with Gasteiger partial charge in [-0.25, -0.2) is 14.2 Å². The summed E-state index contributed by atoms with van der Waals surface area (Å²) < 4.78 is 28.0. The Morgan fingerprint density at radius 2 is 1.93 bits per heavy atom. The van der Waals surface area contributed by atoms with Crippen LogP contribution in [0.3, 0.4) is 0 Å². The number of amides is 1. The van der Waals surface area contributed by atoms with Gasteiger partial charge in [-0.1, -0.05) is 0 Å². The molecule has 1 aliphatic rings. The first-order valence-corrected chi connectivity index (χ1v) is 13.3. The van der Waals surface area contributed by atoms with E-state index in [2.05, 4.69) is 20.6 Å². The van der Waals surface area contributed by atoms with Crippen molar-refractivity contribution in [1.82, 2.24) is 24.6 Å².